The quantitative estimate of drug-likeness (QED) is 0.784. The summed E-state index contributed by atoms with van der Waals surface area (Å²) in [6, 6.07) is 3.74. The molecule has 0 saturated carbocycles. The molecule has 0 aliphatic carbocycles. The lowest BCUT2D eigenvalue weighted by Gasteiger charge is -2.15. The van der Waals surface area contributed by atoms with Crippen molar-refractivity contribution in [2.24, 2.45) is 0 Å². The zero-order valence-electron chi connectivity index (χ0n) is 8.30. The van der Waals surface area contributed by atoms with Crippen LogP contribution in [-0.4, -0.2) is 14.2 Å². The largest absolute Gasteiger partial charge is 0.496 e. The monoisotopic (exact) mass is 278 g/mol. The smallest absolute Gasteiger partial charge is 0.128 e. The fourth-order valence-corrected chi connectivity index (χ4v) is 1.93. The average molecular weight is 280 g/mol. The minimum absolute atomic E-state index is 0.145. The van der Waals surface area contributed by atoms with Gasteiger partial charge in [0.25, 0.3) is 0 Å². The Hall–Kier alpha value is -0.410. The van der Waals surface area contributed by atoms with E-state index in [1.807, 2.05) is 19.1 Å². The molecule has 0 heterocycles. The van der Waals surface area contributed by atoms with Gasteiger partial charge in [0.15, 0.2) is 0 Å². The Morgan fingerprint density at radius 1 is 1.21 bits per heavy atom. The molecule has 1 atom stereocenters. The predicted molar refractivity (Wildman–Crippen MR) is 61.5 cm³/mol. The maximum atomic E-state index is 6.05. The van der Waals surface area contributed by atoms with Gasteiger partial charge in [0.05, 0.1) is 25.2 Å². The number of alkyl halides is 1. The first-order valence-electron chi connectivity index (χ1n) is 4.15. The number of ether oxygens (including phenoxy) is 2. The molecule has 0 aliphatic heterocycles. The summed E-state index contributed by atoms with van der Waals surface area (Å²) in [5.74, 6) is 1.47. The molecule has 0 amide bonds. The number of hydrogen-bond donors (Lipinski definition) is 0. The molecule has 1 unspecified atom stereocenters. The van der Waals surface area contributed by atoms with Crippen molar-refractivity contribution in [1.29, 1.82) is 0 Å². The van der Waals surface area contributed by atoms with Crippen LogP contribution < -0.4 is 9.47 Å². The highest BCUT2D eigenvalue weighted by Gasteiger charge is 2.16. The van der Waals surface area contributed by atoms with Gasteiger partial charge in [-0.25, -0.2) is 0 Å². The van der Waals surface area contributed by atoms with Gasteiger partial charge in [0.1, 0.15) is 11.5 Å². The van der Waals surface area contributed by atoms with Gasteiger partial charge in [-0.05, 0) is 19.1 Å². The van der Waals surface area contributed by atoms with Gasteiger partial charge in [0, 0.05) is 4.47 Å². The molecule has 0 aliphatic rings. The summed E-state index contributed by atoms with van der Waals surface area (Å²) in [4.78, 5) is 0. The summed E-state index contributed by atoms with van der Waals surface area (Å²) in [6.45, 7) is 1.88. The van der Waals surface area contributed by atoms with Crippen LogP contribution in [0, 0.1) is 0 Å². The first kappa shape index (κ1) is 11.7. The van der Waals surface area contributed by atoms with Gasteiger partial charge in [-0.3, -0.25) is 0 Å². The highest BCUT2D eigenvalue weighted by molar-refractivity contribution is 9.10. The second-order valence-corrected chi connectivity index (χ2v) is 4.41. The van der Waals surface area contributed by atoms with Crippen LogP contribution in [0.25, 0.3) is 0 Å². The van der Waals surface area contributed by atoms with Crippen molar-refractivity contribution in [3.63, 3.8) is 0 Å². The summed E-state index contributed by atoms with van der Waals surface area (Å²) in [6.07, 6.45) is 0. The summed E-state index contributed by atoms with van der Waals surface area (Å²) in [7, 11) is 3.23. The van der Waals surface area contributed by atoms with Crippen LogP contribution in [-0.2, 0) is 0 Å². The second-order valence-electron chi connectivity index (χ2n) is 2.84. The van der Waals surface area contributed by atoms with Crippen LogP contribution in [0.5, 0.6) is 11.5 Å². The fourth-order valence-electron chi connectivity index (χ4n) is 1.30. The van der Waals surface area contributed by atoms with Crippen LogP contribution in [0.15, 0.2) is 16.6 Å². The second kappa shape index (κ2) is 4.89. The number of halogens is 2. The van der Waals surface area contributed by atoms with Gasteiger partial charge in [-0.2, -0.15) is 0 Å². The van der Waals surface area contributed by atoms with Crippen molar-refractivity contribution in [1.82, 2.24) is 0 Å². The van der Waals surface area contributed by atoms with E-state index in [1.54, 1.807) is 14.2 Å². The lowest BCUT2D eigenvalue weighted by Crippen LogP contribution is -1.97. The molecule has 1 rings (SSSR count). The molecule has 78 valence electrons. The van der Waals surface area contributed by atoms with E-state index < -0.39 is 0 Å². The van der Waals surface area contributed by atoms with Crippen molar-refractivity contribution >= 4 is 27.5 Å². The highest BCUT2D eigenvalue weighted by Crippen LogP contribution is 2.39. The van der Waals surface area contributed by atoms with E-state index in [9.17, 15) is 0 Å². The third-order valence-electron chi connectivity index (χ3n) is 1.91. The standard InChI is InChI=1S/C10H12BrClO2/c1-6(12)10-8(13-2)4-7(11)5-9(10)14-3/h4-6H,1-3H3. The zero-order chi connectivity index (χ0) is 10.7. The van der Waals surface area contributed by atoms with Crippen molar-refractivity contribution < 1.29 is 9.47 Å². The van der Waals surface area contributed by atoms with E-state index >= 15 is 0 Å². The molecule has 0 radical (unpaired) electrons. The Bertz CT molecular complexity index is 301. The van der Waals surface area contributed by atoms with E-state index in [0.717, 1.165) is 21.5 Å². The molecule has 4 heteroatoms. The number of methoxy groups -OCH3 is 2. The lowest BCUT2D eigenvalue weighted by molar-refractivity contribution is 0.385. The predicted octanol–water partition coefficient (Wildman–Crippen LogP) is 3.77. The summed E-state index contributed by atoms with van der Waals surface area (Å²) in [5, 5.41) is -0.145. The number of hydrogen-bond acceptors (Lipinski definition) is 2. The molecule has 1 aromatic carbocycles. The van der Waals surface area contributed by atoms with Crippen LogP contribution in [0.4, 0.5) is 0 Å². The lowest BCUT2D eigenvalue weighted by atomic mass is 10.1. The third-order valence-corrected chi connectivity index (χ3v) is 2.58. The van der Waals surface area contributed by atoms with E-state index in [2.05, 4.69) is 15.9 Å². The van der Waals surface area contributed by atoms with Crippen LogP contribution in [0.3, 0.4) is 0 Å². The minimum atomic E-state index is -0.145. The van der Waals surface area contributed by atoms with Gasteiger partial charge in [0.2, 0.25) is 0 Å². The molecule has 0 N–H and O–H groups in total. The number of benzene rings is 1. The molecule has 0 saturated heterocycles. The summed E-state index contributed by atoms with van der Waals surface area (Å²) >= 11 is 9.42. The maximum Gasteiger partial charge on any atom is 0.128 e. The number of rotatable bonds is 3. The average Bonchev–Trinajstić information content (AvgIpc) is 2.15. The maximum absolute atomic E-state index is 6.05. The molecule has 0 spiro atoms. The Balaban J connectivity index is 3.33. The van der Waals surface area contributed by atoms with E-state index in [0.29, 0.717) is 0 Å². The van der Waals surface area contributed by atoms with Gasteiger partial charge >= 0.3 is 0 Å². The molecule has 0 bridgehead atoms. The van der Waals surface area contributed by atoms with Crippen LogP contribution in [0.2, 0.25) is 0 Å². The Labute approximate surface area is 97.3 Å². The van der Waals surface area contributed by atoms with Crippen LogP contribution >= 0.6 is 27.5 Å². The molecule has 0 fully saturated rings. The Kier molecular flexibility index (Phi) is 4.08. The van der Waals surface area contributed by atoms with E-state index in [-0.39, 0.29) is 5.38 Å². The van der Waals surface area contributed by atoms with Gasteiger partial charge in [-0.1, -0.05) is 15.9 Å². The summed E-state index contributed by atoms with van der Waals surface area (Å²) < 4.78 is 11.4. The zero-order valence-corrected chi connectivity index (χ0v) is 10.6. The van der Waals surface area contributed by atoms with Crippen molar-refractivity contribution in [3.05, 3.63) is 22.2 Å². The highest BCUT2D eigenvalue weighted by atomic mass is 79.9. The Morgan fingerprint density at radius 3 is 1.93 bits per heavy atom. The minimum Gasteiger partial charge on any atom is -0.496 e. The fraction of sp³-hybridized carbons (Fsp3) is 0.400. The first-order chi connectivity index (χ1) is 6.60. The SMILES string of the molecule is COc1cc(Br)cc(OC)c1C(C)Cl. The van der Waals surface area contributed by atoms with Gasteiger partial charge in [-0.15, -0.1) is 11.6 Å². The van der Waals surface area contributed by atoms with Crippen LogP contribution in [0.1, 0.15) is 17.9 Å². The van der Waals surface area contributed by atoms with Crippen molar-refractivity contribution in [2.75, 3.05) is 14.2 Å². The molecule has 1 aromatic rings. The first-order valence-corrected chi connectivity index (χ1v) is 5.38. The Morgan fingerprint density at radius 2 is 1.64 bits per heavy atom. The van der Waals surface area contributed by atoms with Gasteiger partial charge < -0.3 is 9.47 Å². The molecule has 0 aromatic heterocycles. The third kappa shape index (κ3) is 2.34. The summed E-state index contributed by atoms with van der Waals surface area (Å²) in [5.41, 5.74) is 0.875. The molecular formula is C10H12BrClO2. The molecule has 2 nitrogen and oxygen atoms in total. The topological polar surface area (TPSA) is 18.5 Å². The molecular weight excluding hydrogens is 267 g/mol. The van der Waals surface area contributed by atoms with Crippen molar-refractivity contribution in [3.8, 4) is 11.5 Å². The van der Waals surface area contributed by atoms with Crippen molar-refractivity contribution in [2.45, 2.75) is 12.3 Å². The van der Waals surface area contributed by atoms with E-state index in [1.165, 1.54) is 0 Å². The normalized spacial score (nSPS) is 12.4. The molecule has 14 heavy (non-hydrogen) atoms. The van der Waals surface area contributed by atoms with E-state index in [4.69, 9.17) is 21.1 Å².